The van der Waals surface area contributed by atoms with E-state index >= 15 is 0 Å². The summed E-state index contributed by atoms with van der Waals surface area (Å²) in [6, 6.07) is 7.94. The quantitative estimate of drug-likeness (QED) is 0.538. The zero-order valence-corrected chi connectivity index (χ0v) is 14.7. The minimum atomic E-state index is -0.716. The molecule has 0 spiro atoms. The second kappa shape index (κ2) is 11.3. The van der Waals surface area contributed by atoms with Gasteiger partial charge in [0.05, 0.1) is 0 Å². The smallest absolute Gasteiger partial charge is 0.331 e. The summed E-state index contributed by atoms with van der Waals surface area (Å²) in [5.41, 5.74) is 0.712. The number of ether oxygens (including phenoxy) is 2. The van der Waals surface area contributed by atoms with Crippen molar-refractivity contribution < 1.29 is 23.9 Å². The second-order valence-electron chi connectivity index (χ2n) is 5.61. The van der Waals surface area contributed by atoms with Crippen molar-refractivity contribution in [3.8, 4) is 11.8 Å². The predicted molar refractivity (Wildman–Crippen MR) is 93.9 cm³/mol. The van der Waals surface area contributed by atoms with Gasteiger partial charge in [0.15, 0.2) is 13.2 Å². The van der Waals surface area contributed by atoms with Crippen molar-refractivity contribution in [1.82, 2.24) is 10.6 Å². The molecular weight excluding hydrogens is 338 g/mol. The highest BCUT2D eigenvalue weighted by atomic mass is 16.5. The summed E-state index contributed by atoms with van der Waals surface area (Å²) in [5.74, 6) is -0.635. The van der Waals surface area contributed by atoms with Crippen LogP contribution in [0, 0.1) is 17.2 Å². The molecule has 138 valence electrons. The maximum Gasteiger partial charge on any atom is 0.331 e. The predicted octanol–water partition coefficient (Wildman–Crippen LogP) is 1.63. The number of benzene rings is 1. The summed E-state index contributed by atoms with van der Waals surface area (Å²) in [5, 5.41) is 13.0. The molecule has 2 N–H and O–H groups in total. The van der Waals surface area contributed by atoms with Crippen LogP contribution in [0.5, 0.6) is 5.75 Å². The van der Waals surface area contributed by atoms with Gasteiger partial charge in [0, 0.05) is 12.6 Å². The third-order valence-electron chi connectivity index (χ3n) is 2.86. The number of nitrogens with one attached hydrogen (secondary N) is 2. The summed E-state index contributed by atoms with van der Waals surface area (Å²) in [6.07, 6.45) is 2.67. The Morgan fingerprint density at radius 3 is 2.54 bits per heavy atom. The third kappa shape index (κ3) is 9.08. The van der Waals surface area contributed by atoms with Crippen molar-refractivity contribution in [3.63, 3.8) is 0 Å². The van der Waals surface area contributed by atoms with Crippen LogP contribution < -0.4 is 15.4 Å². The Bertz CT molecular complexity index is 690. The fourth-order valence-corrected chi connectivity index (χ4v) is 1.64. The van der Waals surface area contributed by atoms with E-state index < -0.39 is 24.5 Å². The molecule has 26 heavy (non-hydrogen) atoms. The van der Waals surface area contributed by atoms with E-state index in [0.717, 1.165) is 6.08 Å². The van der Waals surface area contributed by atoms with E-state index in [9.17, 15) is 14.4 Å². The minimum absolute atomic E-state index is 0.0426. The van der Waals surface area contributed by atoms with Crippen LogP contribution in [0.15, 0.2) is 30.3 Å². The molecule has 0 radical (unpaired) electrons. The van der Waals surface area contributed by atoms with Crippen LogP contribution in [0.25, 0.3) is 6.08 Å². The van der Waals surface area contributed by atoms with Gasteiger partial charge in [-0.05, 0) is 29.7 Å². The van der Waals surface area contributed by atoms with Gasteiger partial charge in [0.25, 0.3) is 5.91 Å². The van der Waals surface area contributed by atoms with Crippen molar-refractivity contribution in [2.24, 2.45) is 5.92 Å². The topological polar surface area (TPSA) is 118 Å². The number of nitrogens with zero attached hydrogens (tertiary/aromatic N) is 1. The molecule has 0 unspecified atom stereocenters. The molecule has 0 heterocycles. The van der Waals surface area contributed by atoms with E-state index in [0.29, 0.717) is 17.9 Å². The average Bonchev–Trinajstić information content (AvgIpc) is 2.62. The zero-order chi connectivity index (χ0) is 19.4. The first-order valence-electron chi connectivity index (χ1n) is 7.93. The van der Waals surface area contributed by atoms with Crippen LogP contribution in [0.2, 0.25) is 0 Å². The fraction of sp³-hybridized carbons (Fsp3) is 0.333. The van der Waals surface area contributed by atoms with E-state index in [2.05, 4.69) is 10.6 Å². The fourth-order valence-electron chi connectivity index (χ4n) is 1.64. The highest BCUT2D eigenvalue weighted by Crippen LogP contribution is 2.13. The number of carbonyl (C=O) groups is 3. The number of rotatable bonds is 8. The number of imide groups is 1. The Morgan fingerprint density at radius 2 is 1.92 bits per heavy atom. The van der Waals surface area contributed by atoms with E-state index in [-0.39, 0.29) is 12.5 Å². The van der Waals surface area contributed by atoms with Gasteiger partial charge in [0.2, 0.25) is 0 Å². The average molecular weight is 359 g/mol. The van der Waals surface area contributed by atoms with Crippen LogP contribution in [0.1, 0.15) is 19.4 Å². The molecule has 0 bridgehead atoms. The molecular formula is C18H21N3O5. The van der Waals surface area contributed by atoms with Crippen molar-refractivity contribution in [2.75, 3.05) is 19.8 Å². The van der Waals surface area contributed by atoms with Crippen LogP contribution in [-0.2, 0) is 14.3 Å². The van der Waals surface area contributed by atoms with E-state index in [4.69, 9.17) is 14.7 Å². The maximum absolute atomic E-state index is 11.6. The van der Waals surface area contributed by atoms with Gasteiger partial charge in [0.1, 0.15) is 11.8 Å². The largest absolute Gasteiger partial charge is 0.479 e. The monoisotopic (exact) mass is 359 g/mol. The number of amides is 3. The van der Waals surface area contributed by atoms with Crippen LogP contribution in [0.3, 0.4) is 0 Å². The summed E-state index contributed by atoms with van der Waals surface area (Å²) in [4.78, 5) is 34.5. The molecule has 0 saturated carbocycles. The molecule has 8 nitrogen and oxygen atoms in total. The molecule has 3 amide bonds. The minimum Gasteiger partial charge on any atom is -0.479 e. The number of nitriles is 1. The number of esters is 1. The first-order valence-corrected chi connectivity index (χ1v) is 7.93. The molecule has 0 atom stereocenters. The Kier molecular flexibility index (Phi) is 8.96. The number of urea groups is 1. The summed E-state index contributed by atoms with van der Waals surface area (Å²) < 4.78 is 9.86. The zero-order valence-electron chi connectivity index (χ0n) is 14.7. The molecule has 0 aliphatic heterocycles. The summed E-state index contributed by atoms with van der Waals surface area (Å²) in [6.45, 7) is 3.67. The lowest BCUT2D eigenvalue weighted by atomic mass is 10.2. The molecule has 1 aromatic carbocycles. The Morgan fingerprint density at radius 1 is 1.23 bits per heavy atom. The Labute approximate surface area is 151 Å². The van der Waals surface area contributed by atoms with Gasteiger partial charge in [-0.1, -0.05) is 26.0 Å². The molecule has 0 saturated heterocycles. The van der Waals surface area contributed by atoms with Crippen LogP contribution in [0.4, 0.5) is 4.79 Å². The Balaban J connectivity index is 2.35. The highest BCUT2D eigenvalue weighted by molar-refractivity contribution is 5.96. The number of hydrogen-bond donors (Lipinski definition) is 2. The van der Waals surface area contributed by atoms with E-state index in [1.807, 2.05) is 19.9 Å². The van der Waals surface area contributed by atoms with Crippen molar-refractivity contribution in [1.29, 1.82) is 5.26 Å². The summed E-state index contributed by atoms with van der Waals surface area (Å²) in [7, 11) is 0. The normalized spacial score (nSPS) is 10.2. The van der Waals surface area contributed by atoms with Crippen molar-refractivity contribution in [2.45, 2.75) is 13.8 Å². The van der Waals surface area contributed by atoms with Crippen LogP contribution >= 0.6 is 0 Å². The molecule has 1 aromatic rings. The number of carbonyl (C=O) groups excluding carboxylic acids is 3. The SMILES string of the molecule is CC(C)CNC(=O)NC(=O)COC(=O)/C=C/c1ccc(OCC#N)cc1. The lowest BCUT2D eigenvalue weighted by Gasteiger charge is -2.08. The van der Waals surface area contributed by atoms with Crippen molar-refractivity contribution in [3.05, 3.63) is 35.9 Å². The summed E-state index contributed by atoms with van der Waals surface area (Å²) >= 11 is 0. The number of hydrogen-bond acceptors (Lipinski definition) is 6. The molecule has 8 heteroatoms. The van der Waals surface area contributed by atoms with Crippen molar-refractivity contribution >= 4 is 24.0 Å². The molecule has 0 aromatic heterocycles. The highest BCUT2D eigenvalue weighted by Gasteiger charge is 2.09. The molecule has 1 rings (SSSR count). The Hall–Kier alpha value is -3.34. The first kappa shape index (κ1) is 20.7. The van der Waals surface area contributed by atoms with Gasteiger partial charge >= 0.3 is 12.0 Å². The molecule has 0 aliphatic carbocycles. The molecule has 0 fully saturated rings. The van der Waals surface area contributed by atoms with Gasteiger partial charge < -0.3 is 14.8 Å². The van der Waals surface area contributed by atoms with E-state index in [1.54, 1.807) is 24.3 Å². The van der Waals surface area contributed by atoms with Gasteiger partial charge in [-0.15, -0.1) is 0 Å². The van der Waals surface area contributed by atoms with Crippen LogP contribution in [-0.4, -0.2) is 37.7 Å². The first-order chi connectivity index (χ1) is 12.4. The third-order valence-corrected chi connectivity index (χ3v) is 2.86. The maximum atomic E-state index is 11.6. The lowest BCUT2D eigenvalue weighted by molar-refractivity contribution is -0.143. The standard InChI is InChI=1S/C18H21N3O5/c1-13(2)11-20-18(24)21-16(22)12-26-17(23)8-5-14-3-6-15(7-4-14)25-10-9-19/h3-8,13H,10-12H2,1-2H3,(H2,20,21,22,24)/b8-5+. The van der Waals surface area contributed by atoms with Gasteiger partial charge in [-0.2, -0.15) is 5.26 Å². The molecule has 0 aliphatic rings. The lowest BCUT2D eigenvalue weighted by Crippen LogP contribution is -2.42. The second-order valence-corrected chi connectivity index (χ2v) is 5.61. The van der Waals surface area contributed by atoms with E-state index in [1.165, 1.54) is 6.08 Å². The van der Waals surface area contributed by atoms with Gasteiger partial charge in [-0.25, -0.2) is 9.59 Å². The van der Waals surface area contributed by atoms with Gasteiger partial charge in [-0.3, -0.25) is 10.1 Å².